The minimum Gasteiger partial charge on any atom is -0.321 e. The van der Waals surface area contributed by atoms with Crippen LogP contribution in [0.3, 0.4) is 0 Å². The summed E-state index contributed by atoms with van der Waals surface area (Å²) in [5.74, 6) is -0.512. The van der Waals surface area contributed by atoms with E-state index in [-0.39, 0.29) is 11.6 Å². The standard InChI is InChI=1S/C36H30ClN3O3S/c37-26-12-8-9-24(21-26)22-31(39-35(42)25-10-2-1-3-11-25)36(43)38-27-17-19-28(20-18-27)44-23-34(41)40-32-15-6-4-13-29(32)30-14-5-7-16-33(30)40/h1-4,6,8-13,15,17-22H,5,7,14,16,23H2,(H,38,43)(H,39,42)/b31-22-. The zero-order valence-electron chi connectivity index (χ0n) is 23.9. The Hall–Kier alpha value is -4.59. The summed E-state index contributed by atoms with van der Waals surface area (Å²) in [6, 6.07) is 31.2. The Labute approximate surface area is 265 Å². The van der Waals surface area contributed by atoms with Crippen LogP contribution in [-0.2, 0) is 17.6 Å². The van der Waals surface area contributed by atoms with Crippen molar-refractivity contribution in [3.63, 3.8) is 0 Å². The Kier molecular flexibility index (Phi) is 8.96. The lowest BCUT2D eigenvalue weighted by Gasteiger charge is -2.15. The highest BCUT2D eigenvalue weighted by Crippen LogP contribution is 2.33. The molecule has 8 heteroatoms. The van der Waals surface area contributed by atoms with Gasteiger partial charge in [-0.1, -0.05) is 60.1 Å². The number of hydrogen-bond donors (Lipinski definition) is 2. The summed E-state index contributed by atoms with van der Waals surface area (Å²) in [7, 11) is 0. The average molecular weight is 620 g/mol. The van der Waals surface area contributed by atoms with Crippen LogP contribution in [0.2, 0.25) is 5.02 Å². The van der Waals surface area contributed by atoms with Crippen molar-refractivity contribution in [3.8, 4) is 0 Å². The molecule has 6 rings (SSSR count). The largest absolute Gasteiger partial charge is 0.321 e. The predicted octanol–water partition coefficient (Wildman–Crippen LogP) is 8.02. The normalized spacial score (nSPS) is 12.9. The molecule has 2 N–H and O–H groups in total. The zero-order valence-corrected chi connectivity index (χ0v) is 25.5. The van der Waals surface area contributed by atoms with Crippen molar-refractivity contribution >= 4 is 63.8 Å². The highest BCUT2D eigenvalue weighted by Gasteiger charge is 2.23. The Morgan fingerprint density at radius 3 is 2.39 bits per heavy atom. The number of thioether (sulfide) groups is 1. The van der Waals surface area contributed by atoms with E-state index in [0.717, 1.165) is 41.8 Å². The number of amides is 2. The highest BCUT2D eigenvalue weighted by atomic mass is 35.5. The molecule has 0 atom stereocenters. The molecule has 0 unspecified atom stereocenters. The van der Waals surface area contributed by atoms with Crippen molar-refractivity contribution in [2.75, 3.05) is 11.1 Å². The maximum atomic E-state index is 13.5. The summed E-state index contributed by atoms with van der Waals surface area (Å²) in [5, 5.41) is 7.31. The van der Waals surface area contributed by atoms with Gasteiger partial charge in [-0.05, 0) is 97.5 Å². The van der Waals surface area contributed by atoms with Gasteiger partial charge in [-0.15, -0.1) is 11.8 Å². The minimum absolute atomic E-state index is 0.0664. The van der Waals surface area contributed by atoms with Crippen LogP contribution >= 0.6 is 23.4 Å². The number of nitrogens with one attached hydrogen (secondary N) is 2. The van der Waals surface area contributed by atoms with E-state index in [0.29, 0.717) is 27.6 Å². The number of anilines is 1. The minimum atomic E-state index is -0.478. The molecule has 0 spiro atoms. The van der Waals surface area contributed by atoms with E-state index < -0.39 is 11.8 Å². The molecule has 1 aliphatic rings. The molecule has 0 saturated carbocycles. The number of carbonyl (C=O) groups is 3. The summed E-state index contributed by atoms with van der Waals surface area (Å²) in [4.78, 5) is 40.6. The molecule has 4 aromatic carbocycles. The second kappa shape index (κ2) is 13.4. The molecule has 6 nitrogen and oxygen atoms in total. The third-order valence-corrected chi connectivity index (χ3v) is 8.82. The number of nitrogens with zero attached hydrogens (tertiary/aromatic N) is 1. The number of aromatic nitrogens is 1. The topological polar surface area (TPSA) is 80.2 Å². The lowest BCUT2D eigenvalue weighted by atomic mass is 9.96. The van der Waals surface area contributed by atoms with Gasteiger partial charge in [0, 0.05) is 32.2 Å². The van der Waals surface area contributed by atoms with Crippen molar-refractivity contribution in [1.82, 2.24) is 9.88 Å². The van der Waals surface area contributed by atoms with E-state index in [9.17, 15) is 14.4 Å². The lowest BCUT2D eigenvalue weighted by Crippen LogP contribution is -2.30. The SMILES string of the molecule is O=C(Nc1ccc(SCC(=O)n2c3c(c4ccccc42)CCCC3)cc1)/C(=C/c1cccc(Cl)c1)NC(=O)c1ccccc1. The van der Waals surface area contributed by atoms with Crippen LogP contribution in [0.4, 0.5) is 5.69 Å². The molecule has 1 heterocycles. The quantitative estimate of drug-likeness (QED) is 0.136. The van der Waals surface area contributed by atoms with Gasteiger partial charge in [0.15, 0.2) is 0 Å². The van der Waals surface area contributed by atoms with E-state index in [4.69, 9.17) is 11.6 Å². The van der Waals surface area contributed by atoms with Gasteiger partial charge in [-0.25, -0.2) is 0 Å². The van der Waals surface area contributed by atoms with Gasteiger partial charge in [0.1, 0.15) is 5.70 Å². The summed E-state index contributed by atoms with van der Waals surface area (Å²) in [6.45, 7) is 0. The van der Waals surface area contributed by atoms with E-state index >= 15 is 0 Å². The van der Waals surface area contributed by atoms with Crippen molar-refractivity contribution in [3.05, 3.63) is 136 Å². The Balaban J connectivity index is 1.14. The molecular formula is C36H30ClN3O3S. The summed E-state index contributed by atoms with van der Waals surface area (Å²) < 4.78 is 1.92. The molecule has 1 aromatic heterocycles. The number of hydrogen-bond acceptors (Lipinski definition) is 4. The smallest absolute Gasteiger partial charge is 0.272 e. The fourth-order valence-electron chi connectivity index (χ4n) is 5.53. The van der Waals surface area contributed by atoms with Crippen molar-refractivity contribution in [2.45, 2.75) is 30.6 Å². The summed E-state index contributed by atoms with van der Waals surface area (Å²) in [6.07, 6.45) is 5.78. The van der Waals surface area contributed by atoms with Crippen LogP contribution in [0.25, 0.3) is 17.0 Å². The zero-order chi connectivity index (χ0) is 30.5. The van der Waals surface area contributed by atoms with Crippen molar-refractivity contribution in [2.24, 2.45) is 0 Å². The summed E-state index contributed by atoms with van der Waals surface area (Å²) in [5.41, 5.74) is 5.19. The van der Waals surface area contributed by atoms with Crippen LogP contribution < -0.4 is 10.6 Å². The molecule has 0 fully saturated rings. The number of rotatable bonds is 8. The van der Waals surface area contributed by atoms with Gasteiger partial charge >= 0.3 is 0 Å². The molecule has 44 heavy (non-hydrogen) atoms. The van der Waals surface area contributed by atoms with Crippen LogP contribution in [-0.4, -0.2) is 28.0 Å². The third-order valence-electron chi connectivity index (χ3n) is 7.59. The van der Waals surface area contributed by atoms with E-state index in [1.165, 1.54) is 22.7 Å². The number of fused-ring (bicyclic) bond motifs is 3. The van der Waals surface area contributed by atoms with Crippen LogP contribution in [0.15, 0.2) is 114 Å². The molecular weight excluding hydrogens is 590 g/mol. The van der Waals surface area contributed by atoms with Gasteiger partial charge in [0.05, 0.1) is 11.3 Å². The molecule has 2 amide bonds. The number of aryl methyl sites for hydroxylation is 1. The Morgan fingerprint density at radius 1 is 0.841 bits per heavy atom. The van der Waals surface area contributed by atoms with Crippen molar-refractivity contribution in [1.29, 1.82) is 0 Å². The first kappa shape index (κ1) is 29.5. The van der Waals surface area contributed by atoms with E-state index in [1.54, 1.807) is 66.7 Å². The first-order valence-electron chi connectivity index (χ1n) is 14.5. The predicted molar refractivity (Wildman–Crippen MR) is 178 cm³/mol. The monoisotopic (exact) mass is 619 g/mol. The maximum Gasteiger partial charge on any atom is 0.272 e. The fourth-order valence-corrected chi connectivity index (χ4v) is 6.47. The average Bonchev–Trinajstić information content (AvgIpc) is 3.39. The molecule has 5 aromatic rings. The van der Waals surface area contributed by atoms with Crippen LogP contribution in [0, 0.1) is 0 Å². The fraction of sp³-hybridized carbons (Fsp3) is 0.139. The third kappa shape index (κ3) is 6.64. The Morgan fingerprint density at radius 2 is 1.59 bits per heavy atom. The van der Waals surface area contributed by atoms with E-state index in [1.807, 2.05) is 41.0 Å². The second-order valence-electron chi connectivity index (χ2n) is 10.6. The van der Waals surface area contributed by atoms with Crippen LogP contribution in [0.1, 0.15) is 44.8 Å². The van der Waals surface area contributed by atoms with Gasteiger partial charge in [-0.3, -0.25) is 19.0 Å². The van der Waals surface area contributed by atoms with Crippen LogP contribution in [0.5, 0.6) is 0 Å². The molecule has 0 aliphatic heterocycles. The molecule has 220 valence electrons. The molecule has 1 aliphatic carbocycles. The number of benzene rings is 4. The first-order chi connectivity index (χ1) is 21.5. The molecule has 0 bridgehead atoms. The lowest BCUT2D eigenvalue weighted by molar-refractivity contribution is -0.113. The highest BCUT2D eigenvalue weighted by molar-refractivity contribution is 8.00. The number of halogens is 1. The summed E-state index contributed by atoms with van der Waals surface area (Å²) >= 11 is 7.61. The maximum absolute atomic E-state index is 13.5. The van der Waals surface area contributed by atoms with Gasteiger partial charge in [0.2, 0.25) is 5.91 Å². The van der Waals surface area contributed by atoms with E-state index in [2.05, 4.69) is 16.7 Å². The van der Waals surface area contributed by atoms with Gasteiger partial charge < -0.3 is 10.6 Å². The van der Waals surface area contributed by atoms with Crippen molar-refractivity contribution < 1.29 is 14.4 Å². The number of para-hydroxylation sites is 1. The Bertz CT molecular complexity index is 1880. The van der Waals surface area contributed by atoms with Gasteiger partial charge in [0.25, 0.3) is 11.8 Å². The van der Waals surface area contributed by atoms with Gasteiger partial charge in [-0.2, -0.15) is 0 Å². The first-order valence-corrected chi connectivity index (χ1v) is 15.8. The molecule has 0 saturated heterocycles. The molecule has 0 radical (unpaired) electrons. The second-order valence-corrected chi connectivity index (χ2v) is 12.1. The number of carbonyl (C=O) groups excluding carboxylic acids is 3.